The molecule has 3 nitrogen and oxygen atoms in total. The van der Waals surface area contributed by atoms with E-state index < -0.39 is 16.8 Å². The summed E-state index contributed by atoms with van der Waals surface area (Å²) >= 11 is 0. The number of nitrogens with zero attached hydrogens (tertiary/aromatic N) is 1. The van der Waals surface area contributed by atoms with E-state index in [0.29, 0.717) is 0 Å². The molecule has 0 saturated heterocycles. The van der Waals surface area contributed by atoms with Crippen LogP contribution in [-0.4, -0.2) is 41.7 Å². The monoisotopic (exact) mass is 303 g/mol. The summed E-state index contributed by atoms with van der Waals surface area (Å²) in [6.07, 6.45) is 0. The Balaban J connectivity index is 5.56. The Hall–Kier alpha value is 0.314. The predicted molar refractivity (Wildman–Crippen MR) is 93.1 cm³/mol. The van der Waals surface area contributed by atoms with Crippen molar-refractivity contribution in [1.29, 1.82) is 0 Å². The Kier molecular flexibility index (Phi) is 8.71. The molecule has 0 aliphatic rings. The van der Waals surface area contributed by atoms with Gasteiger partial charge >= 0.3 is 0 Å². The standard InChI is InChI=1S/C14H37N3Si2/c1-9-17(18(10-2,11-3)12-4)19(15-7,16-8)13-14(5)6/h14-16H,9-13H2,1-8H3. The molecular weight excluding hydrogens is 266 g/mol. The van der Waals surface area contributed by atoms with E-state index >= 15 is 0 Å². The first-order valence-electron chi connectivity index (χ1n) is 8.07. The summed E-state index contributed by atoms with van der Waals surface area (Å²) in [6.45, 7) is 15.4. The minimum Gasteiger partial charge on any atom is -0.321 e. The smallest absolute Gasteiger partial charge is 0.277 e. The van der Waals surface area contributed by atoms with Crippen molar-refractivity contribution >= 4 is 16.8 Å². The summed E-state index contributed by atoms with van der Waals surface area (Å²) in [6, 6.07) is 5.38. The van der Waals surface area contributed by atoms with Gasteiger partial charge < -0.3 is 14.2 Å². The molecule has 116 valence electrons. The van der Waals surface area contributed by atoms with Crippen LogP contribution >= 0.6 is 0 Å². The largest absolute Gasteiger partial charge is 0.321 e. The molecule has 0 heterocycles. The molecule has 0 unspecified atom stereocenters. The zero-order chi connectivity index (χ0) is 15.1. The first-order chi connectivity index (χ1) is 8.91. The molecule has 0 amide bonds. The van der Waals surface area contributed by atoms with Gasteiger partial charge in [0, 0.05) is 0 Å². The van der Waals surface area contributed by atoms with E-state index in [-0.39, 0.29) is 0 Å². The van der Waals surface area contributed by atoms with Gasteiger partial charge in [0.25, 0.3) is 8.56 Å². The van der Waals surface area contributed by atoms with Crippen molar-refractivity contribution in [2.75, 3.05) is 20.6 Å². The zero-order valence-corrected chi connectivity index (χ0v) is 16.6. The maximum absolute atomic E-state index is 3.74. The lowest BCUT2D eigenvalue weighted by Gasteiger charge is -2.51. The minimum atomic E-state index is -1.74. The van der Waals surface area contributed by atoms with Gasteiger partial charge in [-0.3, -0.25) is 0 Å². The summed E-state index contributed by atoms with van der Waals surface area (Å²) in [4.78, 5) is 7.49. The van der Waals surface area contributed by atoms with Gasteiger partial charge in [-0.1, -0.05) is 41.5 Å². The Labute approximate surface area is 123 Å². The second-order valence-corrected chi connectivity index (χ2v) is 15.2. The Bertz CT molecular complexity index is 231. The molecule has 0 aromatic rings. The van der Waals surface area contributed by atoms with Gasteiger partial charge in [0.2, 0.25) is 0 Å². The van der Waals surface area contributed by atoms with Crippen molar-refractivity contribution in [3.63, 3.8) is 0 Å². The lowest BCUT2D eigenvalue weighted by molar-refractivity contribution is 0.550. The van der Waals surface area contributed by atoms with Gasteiger partial charge in [0.05, 0.1) is 0 Å². The van der Waals surface area contributed by atoms with E-state index in [1.807, 2.05) is 0 Å². The first-order valence-corrected chi connectivity index (χ1v) is 12.8. The van der Waals surface area contributed by atoms with Crippen molar-refractivity contribution < 1.29 is 0 Å². The molecule has 0 aromatic heterocycles. The van der Waals surface area contributed by atoms with Crippen LogP contribution in [0.3, 0.4) is 0 Å². The number of nitrogens with one attached hydrogen (secondary N) is 2. The quantitative estimate of drug-likeness (QED) is 0.606. The zero-order valence-electron chi connectivity index (χ0n) is 14.6. The topological polar surface area (TPSA) is 27.3 Å². The highest BCUT2D eigenvalue weighted by Crippen LogP contribution is 2.30. The molecule has 0 atom stereocenters. The number of hydrogen-bond donors (Lipinski definition) is 2. The Morgan fingerprint density at radius 3 is 1.53 bits per heavy atom. The van der Waals surface area contributed by atoms with Gasteiger partial charge in [-0.05, 0) is 50.7 Å². The van der Waals surface area contributed by atoms with E-state index in [2.05, 4.69) is 69.8 Å². The molecule has 5 heteroatoms. The highest BCUT2D eigenvalue weighted by atomic mass is 28.4. The highest BCUT2D eigenvalue weighted by molar-refractivity contribution is 6.90. The molecule has 0 fully saturated rings. The van der Waals surface area contributed by atoms with Gasteiger partial charge in [-0.25, -0.2) is 0 Å². The van der Waals surface area contributed by atoms with Gasteiger partial charge in [-0.15, -0.1) is 0 Å². The van der Waals surface area contributed by atoms with E-state index in [9.17, 15) is 0 Å². The van der Waals surface area contributed by atoms with Crippen LogP contribution < -0.4 is 9.96 Å². The highest BCUT2D eigenvalue weighted by Gasteiger charge is 2.47. The molecule has 19 heavy (non-hydrogen) atoms. The second kappa shape index (κ2) is 8.57. The van der Waals surface area contributed by atoms with Crippen molar-refractivity contribution in [3.8, 4) is 0 Å². The summed E-state index contributed by atoms with van der Waals surface area (Å²) in [5.74, 6) is 0.734. The molecule has 0 aliphatic heterocycles. The molecule has 0 rings (SSSR count). The third-order valence-electron chi connectivity index (χ3n) is 4.85. The average molecular weight is 304 g/mol. The maximum atomic E-state index is 3.74. The van der Waals surface area contributed by atoms with Crippen LogP contribution in [0, 0.1) is 5.92 Å². The number of rotatable bonds is 10. The molecule has 0 aliphatic carbocycles. The maximum Gasteiger partial charge on any atom is 0.277 e. The SMILES string of the molecule is CCN([Si](CC)(CC)CC)[Si](CC(C)C)(NC)NC. The van der Waals surface area contributed by atoms with E-state index in [1.165, 1.54) is 30.7 Å². The number of hydrogen-bond acceptors (Lipinski definition) is 3. The molecule has 0 radical (unpaired) electrons. The molecule has 2 N–H and O–H groups in total. The summed E-state index contributed by atoms with van der Waals surface area (Å²) < 4.78 is 2.93. The third kappa shape index (κ3) is 4.14. The molecule has 0 saturated carbocycles. The molecule has 0 aromatic carbocycles. The van der Waals surface area contributed by atoms with Crippen molar-refractivity contribution in [2.45, 2.75) is 65.7 Å². The predicted octanol–water partition coefficient (Wildman–Crippen LogP) is 3.35. The third-order valence-corrected chi connectivity index (χ3v) is 17.1. The van der Waals surface area contributed by atoms with Crippen LogP contribution in [0.1, 0.15) is 41.5 Å². The van der Waals surface area contributed by atoms with Gasteiger partial charge in [0.1, 0.15) is 8.24 Å². The van der Waals surface area contributed by atoms with Crippen LogP contribution in [0.4, 0.5) is 0 Å². The van der Waals surface area contributed by atoms with Crippen LogP contribution in [0.2, 0.25) is 24.2 Å². The van der Waals surface area contributed by atoms with E-state index in [0.717, 1.165) is 5.92 Å². The summed E-state index contributed by atoms with van der Waals surface area (Å²) in [5, 5.41) is 0. The first kappa shape index (κ1) is 19.3. The van der Waals surface area contributed by atoms with Gasteiger partial charge in [0.15, 0.2) is 0 Å². The second-order valence-electron chi connectivity index (χ2n) is 5.99. The van der Waals surface area contributed by atoms with Crippen LogP contribution in [-0.2, 0) is 0 Å². The fourth-order valence-electron chi connectivity index (χ4n) is 3.63. The summed E-state index contributed by atoms with van der Waals surface area (Å²) in [5.41, 5.74) is 0. The van der Waals surface area contributed by atoms with Crippen molar-refractivity contribution in [1.82, 2.24) is 14.2 Å². The average Bonchev–Trinajstić information content (AvgIpc) is 2.42. The van der Waals surface area contributed by atoms with Gasteiger partial charge in [-0.2, -0.15) is 0 Å². The molecule has 0 bridgehead atoms. The normalized spacial score (nSPS) is 13.6. The van der Waals surface area contributed by atoms with Crippen molar-refractivity contribution in [3.05, 3.63) is 0 Å². The molecular formula is C14H37N3Si2. The van der Waals surface area contributed by atoms with Crippen LogP contribution in [0.25, 0.3) is 0 Å². The lowest BCUT2D eigenvalue weighted by Crippen LogP contribution is -2.78. The Morgan fingerprint density at radius 1 is 0.895 bits per heavy atom. The van der Waals surface area contributed by atoms with Crippen LogP contribution in [0.15, 0.2) is 0 Å². The molecule has 0 spiro atoms. The van der Waals surface area contributed by atoms with E-state index in [4.69, 9.17) is 0 Å². The fourth-order valence-corrected chi connectivity index (χ4v) is 15.7. The van der Waals surface area contributed by atoms with E-state index in [1.54, 1.807) is 0 Å². The van der Waals surface area contributed by atoms with Crippen molar-refractivity contribution in [2.24, 2.45) is 5.92 Å². The van der Waals surface area contributed by atoms with Crippen LogP contribution in [0.5, 0.6) is 0 Å². The summed E-state index contributed by atoms with van der Waals surface area (Å²) in [7, 11) is 1.26. The fraction of sp³-hybridized carbons (Fsp3) is 1.00. The minimum absolute atomic E-state index is 0.734. The lowest BCUT2D eigenvalue weighted by atomic mass is 10.3. The Morgan fingerprint density at radius 2 is 1.32 bits per heavy atom.